The molecule has 0 radical (unpaired) electrons. The van der Waals surface area contributed by atoms with Crippen molar-refractivity contribution in [1.29, 1.82) is 0 Å². The van der Waals surface area contributed by atoms with Crippen LogP contribution in [0.5, 0.6) is 0 Å². The van der Waals surface area contributed by atoms with Crippen LogP contribution in [0.4, 0.5) is 11.4 Å². The van der Waals surface area contributed by atoms with E-state index in [2.05, 4.69) is 10.5 Å². The van der Waals surface area contributed by atoms with Gasteiger partial charge in [-0.3, -0.25) is 25.0 Å². The smallest absolute Gasteiger partial charge is 0.280 e. The highest BCUT2D eigenvalue weighted by Gasteiger charge is 2.17. The Labute approximate surface area is 163 Å². The lowest BCUT2D eigenvalue weighted by molar-refractivity contribution is -0.385. The van der Waals surface area contributed by atoms with E-state index in [1.54, 1.807) is 36.4 Å². The van der Waals surface area contributed by atoms with Gasteiger partial charge in [0.15, 0.2) is 0 Å². The fourth-order valence-corrected chi connectivity index (χ4v) is 2.63. The number of furan rings is 1. The van der Waals surface area contributed by atoms with Gasteiger partial charge >= 0.3 is 0 Å². The van der Waals surface area contributed by atoms with Crippen LogP contribution in [-0.2, 0) is 11.2 Å². The third-order valence-electron chi connectivity index (χ3n) is 3.91. The van der Waals surface area contributed by atoms with Crippen molar-refractivity contribution in [2.24, 2.45) is 5.10 Å². The Morgan fingerprint density at radius 2 is 1.62 bits per heavy atom. The van der Waals surface area contributed by atoms with Gasteiger partial charge in [0.05, 0.1) is 28.0 Å². The van der Waals surface area contributed by atoms with Crippen molar-refractivity contribution in [1.82, 2.24) is 5.43 Å². The van der Waals surface area contributed by atoms with Gasteiger partial charge in [0, 0.05) is 17.7 Å². The van der Waals surface area contributed by atoms with Gasteiger partial charge < -0.3 is 4.42 Å². The van der Waals surface area contributed by atoms with Crippen molar-refractivity contribution in [2.45, 2.75) is 6.42 Å². The lowest BCUT2D eigenvalue weighted by Gasteiger charge is -2.01. The van der Waals surface area contributed by atoms with Gasteiger partial charge in [-0.1, -0.05) is 30.3 Å². The molecule has 1 aromatic heterocycles. The molecule has 0 bridgehead atoms. The molecular weight excluding hydrogens is 380 g/mol. The number of nitrogens with one attached hydrogen (secondary N) is 1. The molecule has 1 heterocycles. The van der Waals surface area contributed by atoms with E-state index in [4.69, 9.17) is 4.42 Å². The molecule has 0 fully saturated rings. The van der Waals surface area contributed by atoms with Crippen LogP contribution in [0, 0.1) is 20.2 Å². The molecule has 0 saturated heterocycles. The maximum absolute atomic E-state index is 12.0. The zero-order valence-corrected chi connectivity index (χ0v) is 14.8. The number of nitro groups is 2. The van der Waals surface area contributed by atoms with Crippen molar-refractivity contribution in [3.63, 3.8) is 0 Å². The number of hydrogen-bond donors (Lipinski definition) is 1. The number of rotatable bonds is 7. The van der Waals surface area contributed by atoms with Crippen molar-refractivity contribution < 1.29 is 19.1 Å². The molecule has 0 atom stereocenters. The summed E-state index contributed by atoms with van der Waals surface area (Å²) in [5.74, 6) is 0.00940. The molecular formula is C19H14N4O6. The quantitative estimate of drug-likeness (QED) is 0.369. The third kappa shape index (κ3) is 4.69. The summed E-state index contributed by atoms with van der Waals surface area (Å²) >= 11 is 0. The number of nitrogens with zero attached hydrogens (tertiary/aromatic N) is 3. The molecule has 0 unspecified atom stereocenters. The lowest BCUT2D eigenvalue weighted by atomic mass is 10.1. The Bertz CT molecular complexity index is 1110. The molecule has 2 aromatic carbocycles. The zero-order chi connectivity index (χ0) is 20.8. The maximum Gasteiger partial charge on any atom is 0.280 e. The van der Waals surface area contributed by atoms with Crippen LogP contribution in [0.3, 0.4) is 0 Å². The largest absolute Gasteiger partial charge is 0.455 e. The van der Waals surface area contributed by atoms with E-state index in [0.29, 0.717) is 5.56 Å². The first-order valence-corrected chi connectivity index (χ1v) is 8.33. The van der Waals surface area contributed by atoms with Crippen molar-refractivity contribution in [3.8, 4) is 11.3 Å². The van der Waals surface area contributed by atoms with E-state index in [-0.39, 0.29) is 34.9 Å². The number of hydrazone groups is 1. The molecule has 0 saturated carbocycles. The number of amides is 1. The second-order valence-corrected chi connectivity index (χ2v) is 5.83. The van der Waals surface area contributed by atoms with E-state index in [0.717, 1.165) is 0 Å². The molecule has 3 aromatic rings. The minimum atomic E-state index is -0.557. The molecule has 3 rings (SSSR count). The Hall–Kier alpha value is -4.34. The topological polar surface area (TPSA) is 141 Å². The highest BCUT2D eigenvalue weighted by atomic mass is 16.6. The van der Waals surface area contributed by atoms with Crippen molar-refractivity contribution >= 4 is 23.5 Å². The summed E-state index contributed by atoms with van der Waals surface area (Å²) in [6, 6.07) is 15.2. The summed E-state index contributed by atoms with van der Waals surface area (Å²) in [6.07, 6.45) is 1.02. The molecule has 0 spiro atoms. The Kier molecular flexibility index (Phi) is 5.74. The summed E-state index contributed by atoms with van der Waals surface area (Å²) in [5, 5.41) is 25.8. The predicted octanol–water partition coefficient (Wildman–Crippen LogP) is 3.46. The third-order valence-corrected chi connectivity index (χ3v) is 3.91. The average Bonchev–Trinajstić information content (AvgIpc) is 3.17. The van der Waals surface area contributed by atoms with Gasteiger partial charge in [0.1, 0.15) is 11.5 Å². The fraction of sp³-hybridized carbons (Fsp3) is 0.0526. The minimum Gasteiger partial charge on any atom is -0.455 e. The number of hydrogen-bond acceptors (Lipinski definition) is 7. The van der Waals surface area contributed by atoms with Gasteiger partial charge in [0.25, 0.3) is 11.4 Å². The van der Waals surface area contributed by atoms with Crippen LogP contribution in [0.25, 0.3) is 11.3 Å². The molecule has 1 amide bonds. The van der Waals surface area contributed by atoms with Gasteiger partial charge in [0.2, 0.25) is 5.91 Å². The first-order valence-electron chi connectivity index (χ1n) is 8.33. The number of carbonyl (C=O) groups excluding carboxylic acids is 1. The predicted molar refractivity (Wildman–Crippen MR) is 103 cm³/mol. The molecule has 146 valence electrons. The number of benzene rings is 2. The standard InChI is InChI=1S/C19H14N4O6/c24-19(11-13-5-1-3-7-16(13)22(25)26)21-20-12-14-9-10-18(29-14)15-6-2-4-8-17(15)23(27)28/h1-10,12H,11H2,(H,21,24). The van der Waals surface area contributed by atoms with Crippen LogP contribution >= 0.6 is 0 Å². The van der Waals surface area contributed by atoms with Gasteiger partial charge in [-0.2, -0.15) is 5.10 Å². The second kappa shape index (κ2) is 8.57. The molecule has 10 nitrogen and oxygen atoms in total. The zero-order valence-electron chi connectivity index (χ0n) is 14.8. The lowest BCUT2D eigenvalue weighted by Crippen LogP contribution is -2.20. The molecule has 29 heavy (non-hydrogen) atoms. The van der Waals surface area contributed by atoms with Crippen molar-refractivity contribution in [3.05, 3.63) is 92.2 Å². The maximum atomic E-state index is 12.0. The Balaban J connectivity index is 1.66. The van der Waals surface area contributed by atoms with E-state index >= 15 is 0 Å². The normalized spacial score (nSPS) is 10.8. The fourth-order valence-electron chi connectivity index (χ4n) is 2.63. The Morgan fingerprint density at radius 3 is 2.34 bits per heavy atom. The first kappa shape index (κ1) is 19.4. The minimum absolute atomic E-state index is 0.0944. The van der Waals surface area contributed by atoms with E-state index in [1.165, 1.54) is 30.5 Å². The molecule has 0 aliphatic rings. The monoisotopic (exact) mass is 394 g/mol. The molecule has 0 aliphatic carbocycles. The number of carbonyl (C=O) groups is 1. The Morgan fingerprint density at radius 1 is 0.966 bits per heavy atom. The summed E-state index contributed by atoms with van der Waals surface area (Å²) in [5.41, 5.74) is 2.61. The van der Waals surface area contributed by atoms with Gasteiger partial charge in [-0.05, 0) is 18.2 Å². The highest BCUT2D eigenvalue weighted by Crippen LogP contribution is 2.30. The highest BCUT2D eigenvalue weighted by molar-refractivity contribution is 5.83. The van der Waals surface area contributed by atoms with Crippen LogP contribution < -0.4 is 5.43 Å². The number of para-hydroxylation sites is 2. The summed E-state index contributed by atoms with van der Waals surface area (Å²) in [4.78, 5) is 33.0. The van der Waals surface area contributed by atoms with Crippen LogP contribution in [-0.4, -0.2) is 22.0 Å². The number of nitro benzene ring substituents is 2. The van der Waals surface area contributed by atoms with Crippen molar-refractivity contribution in [2.75, 3.05) is 0 Å². The molecule has 0 aliphatic heterocycles. The average molecular weight is 394 g/mol. The molecule has 1 N–H and O–H groups in total. The van der Waals surface area contributed by atoms with Crippen LogP contribution in [0.2, 0.25) is 0 Å². The van der Waals surface area contributed by atoms with Crippen LogP contribution in [0.15, 0.2) is 70.2 Å². The van der Waals surface area contributed by atoms with E-state index < -0.39 is 15.8 Å². The first-order chi connectivity index (χ1) is 14.0. The second-order valence-electron chi connectivity index (χ2n) is 5.83. The summed E-state index contributed by atoms with van der Waals surface area (Å²) < 4.78 is 5.52. The van der Waals surface area contributed by atoms with E-state index in [9.17, 15) is 25.0 Å². The van der Waals surface area contributed by atoms with E-state index in [1.807, 2.05) is 0 Å². The summed E-state index contributed by atoms with van der Waals surface area (Å²) in [7, 11) is 0. The van der Waals surface area contributed by atoms with Gasteiger partial charge in [-0.15, -0.1) is 0 Å². The SMILES string of the molecule is O=C(Cc1ccccc1[N+](=O)[O-])NN=Cc1ccc(-c2ccccc2[N+](=O)[O-])o1. The van der Waals surface area contributed by atoms with Gasteiger partial charge in [-0.25, -0.2) is 5.43 Å². The summed E-state index contributed by atoms with van der Waals surface area (Å²) in [6.45, 7) is 0. The molecule has 10 heteroatoms. The van der Waals surface area contributed by atoms with Crippen LogP contribution in [0.1, 0.15) is 11.3 Å².